The minimum atomic E-state index is -0.496. The van der Waals surface area contributed by atoms with E-state index in [1.807, 2.05) is 0 Å². The molecule has 1 amide bonds. The van der Waals surface area contributed by atoms with Crippen molar-refractivity contribution < 1.29 is 23.8 Å². The highest BCUT2D eigenvalue weighted by atomic mass is 35.5. The second kappa shape index (κ2) is 7.93. The van der Waals surface area contributed by atoms with Gasteiger partial charge in [0, 0.05) is 7.11 Å². The Morgan fingerprint density at radius 3 is 2.89 bits per heavy atom. The Balaban J connectivity index is 2.45. The lowest BCUT2D eigenvalue weighted by molar-refractivity contribution is -0.124. The molecule has 0 heterocycles. The fourth-order valence-electron chi connectivity index (χ4n) is 1.35. The third kappa shape index (κ3) is 5.42. The molecule has 0 fully saturated rings. The van der Waals surface area contributed by atoms with Crippen LogP contribution in [0.5, 0.6) is 5.75 Å². The third-order valence-corrected chi connectivity index (χ3v) is 2.50. The van der Waals surface area contributed by atoms with E-state index < -0.39 is 17.8 Å². The number of hydrogen-bond acceptors (Lipinski definition) is 4. The first-order valence-electron chi connectivity index (χ1n) is 5.53. The van der Waals surface area contributed by atoms with Gasteiger partial charge >= 0.3 is 0 Å². The number of benzene rings is 1. The van der Waals surface area contributed by atoms with Crippen LogP contribution in [0, 0.1) is 5.82 Å². The first-order chi connectivity index (χ1) is 9.06. The third-order valence-electron chi connectivity index (χ3n) is 2.21. The summed E-state index contributed by atoms with van der Waals surface area (Å²) >= 11 is 5.74. The second-order valence-corrected chi connectivity index (χ2v) is 4.17. The average Bonchev–Trinajstić information content (AvgIpc) is 2.37. The van der Waals surface area contributed by atoms with Gasteiger partial charge in [-0.15, -0.1) is 0 Å². The van der Waals surface area contributed by atoms with Gasteiger partial charge in [0.15, 0.2) is 6.61 Å². The van der Waals surface area contributed by atoms with Crippen molar-refractivity contribution in [1.82, 2.24) is 5.32 Å². The number of aliphatic hydroxyl groups excluding tert-OH is 1. The number of hydrogen-bond donors (Lipinski definition) is 2. The summed E-state index contributed by atoms with van der Waals surface area (Å²) in [5.74, 6) is -0.704. The predicted molar refractivity (Wildman–Crippen MR) is 67.8 cm³/mol. The molecule has 1 aromatic rings. The quantitative estimate of drug-likeness (QED) is 0.786. The maximum absolute atomic E-state index is 12.8. The number of carbonyl (C=O) groups is 1. The molecule has 1 unspecified atom stereocenters. The highest BCUT2D eigenvalue weighted by Gasteiger charge is 2.12. The Labute approximate surface area is 115 Å². The molecule has 0 saturated carbocycles. The number of ether oxygens (including phenoxy) is 2. The molecule has 2 N–H and O–H groups in total. The zero-order chi connectivity index (χ0) is 14.3. The highest BCUT2D eigenvalue weighted by Crippen LogP contribution is 2.24. The Kier molecular flexibility index (Phi) is 6.55. The lowest BCUT2D eigenvalue weighted by atomic mass is 10.3. The molecule has 7 heteroatoms. The Morgan fingerprint density at radius 2 is 2.32 bits per heavy atom. The van der Waals surface area contributed by atoms with E-state index in [4.69, 9.17) is 26.2 Å². The number of amides is 1. The lowest BCUT2D eigenvalue weighted by Crippen LogP contribution is -2.42. The molecule has 0 aliphatic rings. The zero-order valence-corrected chi connectivity index (χ0v) is 11.1. The molecular weight excluding hydrogens is 277 g/mol. The minimum Gasteiger partial charge on any atom is -0.482 e. The van der Waals surface area contributed by atoms with Crippen molar-refractivity contribution in [2.45, 2.75) is 6.04 Å². The van der Waals surface area contributed by atoms with Gasteiger partial charge in [-0.3, -0.25) is 4.79 Å². The molecule has 0 aliphatic heterocycles. The monoisotopic (exact) mass is 291 g/mol. The summed E-state index contributed by atoms with van der Waals surface area (Å²) in [4.78, 5) is 11.5. The fourth-order valence-corrected chi connectivity index (χ4v) is 1.57. The molecule has 5 nitrogen and oxygen atoms in total. The SMILES string of the molecule is COCC(CO)NC(=O)COc1ccc(F)cc1Cl. The summed E-state index contributed by atoms with van der Waals surface area (Å²) in [7, 11) is 1.46. The smallest absolute Gasteiger partial charge is 0.258 e. The molecular formula is C12H15ClFNO4. The van der Waals surface area contributed by atoms with Gasteiger partial charge in [0.2, 0.25) is 0 Å². The van der Waals surface area contributed by atoms with Crippen LogP contribution in [0.1, 0.15) is 0 Å². The number of carbonyl (C=O) groups excluding carboxylic acids is 1. The molecule has 0 saturated heterocycles. The van der Waals surface area contributed by atoms with Crippen molar-refractivity contribution in [1.29, 1.82) is 0 Å². The van der Waals surface area contributed by atoms with Crippen molar-refractivity contribution in [3.63, 3.8) is 0 Å². The zero-order valence-electron chi connectivity index (χ0n) is 10.4. The molecule has 0 bridgehead atoms. The topological polar surface area (TPSA) is 67.8 Å². The van der Waals surface area contributed by atoms with Crippen molar-refractivity contribution in [2.75, 3.05) is 26.9 Å². The number of methoxy groups -OCH3 is 1. The van der Waals surface area contributed by atoms with E-state index in [1.54, 1.807) is 0 Å². The highest BCUT2D eigenvalue weighted by molar-refractivity contribution is 6.32. The predicted octanol–water partition coefficient (Wildman–Crippen LogP) is 0.981. The summed E-state index contributed by atoms with van der Waals surface area (Å²) in [6.07, 6.45) is 0. The van der Waals surface area contributed by atoms with Crippen LogP contribution in [0.25, 0.3) is 0 Å². The molecule has 106 valence electrons. The minimum absolute atomic E-state index is 0.0865. The molecule has 1 rings (SSSR count). The Bertz CT molecular complexity index is 430. The molecule has 0 spiro atoms. The van der Waals surface area contributed by atoms with Gasteiger partial charge in [-0.1, -0.05) is 11.6 Å². The molecule has 1 atom stereocenters. The maximum Gasteiger partial charge on any atom is 0.258 e. The van der Waals surface area contributed by atoms with Crippen molar-refractivity contribution in [3.05, 3.63) is 29.0 Å². The average molecular weight is 292 g/mol. The number of halogens is 2. The normalized spacial score (nSPS) is 12.0. The van der Waals surface area contributed by atoms with Crippen LogP contribution < -0.4 is 10.1 Å². The van der Waals surface area contributed by atoms with Crippen molar-refractivity contribution in [2.24, 2.45) is 0 Å². The molecule has 0 aromatic heterocycles. The number of aliphatic hydroxyl groups is 1. The molecule has 1 aromatic carbocycles. The largest absolute Gasteiger partial charge is 0.482 e. The van der Waals surface area contributed by atoms with Crippen LogP contribution in [0.15, 0.2) is 18.2 Å². The van der Waals surface area contributed by atoms with Gasteiger partial charge in [-0.05, 0) is 18.2 Å². The number of nitrogens with one attached hydrogen (secondary N) is 1. The first kappa shape index (κ1) is 15.7. The van der Waals surface area contributed by atoms with Crippen LogP contribution in [0.2, 0.25) is 5.02 Å². The first-order valence-corrected chi connectivity index (χ1v) is 5.91. The second-order valence-electron chi connectivity index (χ2n) is 3.77. The van der Waals surface area contributed by atoms with E-state index in [2.05, 4.69) is 5.32 Å². The Morgan fingerprint density at radius 1 is 1.58 bits per heavy atom. The summed E-state index contributed by atoms with van der Waals surface area (Å²) in [5.41, 5.74) is 0. The van der Waals surface area contributed by atoms with Crippen LogP contribution in [0.4, 0.5) is 4.39 Å². The van der Waals surface area contributed by atoms with E-state index in [0.717, 1.165) is 6.07 Å². The lowest BCUT2D eigenvalue weighted by Gasteiger charge is -2.15. The summed E-state index contributed by atoms with van der Waals surface area (Å²) in [5, 5.41) is 11.6. The van der Waals surface area contributed by atoms with Gasteiger partial charge in [-0.2, -0.15) is 0 Å². The van der Waals surface area contributed by atoms with Crippen LogP contribution in [0.3, 0.4) is 0 Å². The van der Waals surface area contributed by atoms with Gasteiger partial charge in [0.05, 0.1) is 24.3 Å². The van der Waals surface area contributed by atoms with Gasteiger partial charge < -0.3 is 19.9 Å². The van der Waals surface area contributed by atoms with E-state index >= 15 is 0 Å². The molecule has 0 aliphatic carbocycles. The summed E-state index contributed by atoms with van der Waals surface area (Å²) < 4.78 is 22.7. The number of rotatable bonds is 7. The fraction of sp³-hybridized carbons (Fsp3) is 0.417. The van der Waals surface area contributed by atoms with Gasteiger partial charge in [0.1, 0.15) is 11.6 Å². The molecule has 0 radical (unpaired) electrons. The standard InChI is InChI=1S/C12H15ClFNO4/c1-18-6-9(5-16)15-12(17)7-19-11-3-2-8(14)4-10(11)13/h2-4,9,16H,5-7H2,1H3,(H,15,17). The van der Waals surface area contributed by atoms with E-state index in [0.29, 0.717) is 0 Å². The van der Waals surface area contributed by atoms with E-state index in [-0.39, 0.29) is 30.6 Å². The van der Waals surface area contributed by atoms with Gasteiger partial charge in [-0.25, -0.2) is 4.39 Å². The van der Waals surface area contributed by atoms with E-state index in [1.165, 1.54) is 19.2 Å². The van der Waals surface area contributed by atoms with E-state index in [9.17, 15) is 9.18 Å². The van der Waals surface area contributed by atoms with Crippen molar-refractivity contribution in [3.8, 4) is 5.75 Å². The van der Waals surface area contributed by atoms with Crippen LogP contribution in [-0.4, -0.2) is 44.0 Å². The van der Waals surface area contributed by atoms with Crippen LogP contribution in [-0.2, 0) is 9.53 Å². The summed E-state index contributed by atoms with van der Waals surface area (Å²) in [6.45, 7) is -0.331. The van der Waals surface area contributed by atoms with Crippen LogP contribution >= 0.6 is 11.6 Å². The van der Waals surface area contributed by atoms with Gasteiger partial charge in [0.25, 0.3) is 5.91 Å². The molecule has 19 heavy (non-hydrogen) atoms. The Hall–Kier alpha value is -1.37. The maximum atomic E-state index is 12.8. The van der Waals surface area contributed by atoms with Crippen molar-refractivity contribution >= 4 is 17.5 Å². The summed E-state index contributed by atoms with van der Waals surface area (Å²) in [6, 6.07) is 3.12.